The molecule has 0 spiro atoms. The number of aryl methyl sites for hydroxylation is 4. The third-order valence-corrected chi connectivity index (χ3v) is 4.90. The zero-order chi connectivity index (χ0) is 17.2. The zero-order valence-electron chi connectivity index (χ0n) is 14.8. The topological polar surface area (TPSA) is 8.29 Å². The molecular formula is C23H23N2+. The Labute approximate surface area is 149 Å². The van der Waals surface area contributed by atoms with Gasteiger partial charge in [-0.3, -0.25) is 0 Å². The molecule has 0 saturated carbocycles. The van der Waals surface area contributed by atoms with E-state index in [0.29, 0.717) is 0 Å². The van der Waals surface area contributed by atoms with E-state index < -0.39 is 0 Å². The van der Waals surface area contributed by atoms with Crippen molar-refractivity contribution in [1.82, 2.24) is 4.40 Å². The van der Waals surface area contributed by atoms with Crippen molar-refractivity contribution in [2.24, 2.45) is 7.05 Å². The van der Waals surface area contributed by atoms with E-state index in [2.05, 4.69) is 102 Å². The molecule has 2 nitrogen and oxygen atoms in total. The molecule has 0 unspecified atom stereocenters. The average Bonchev–Trinajstić information content (AvgIpc) is 2.99. The van der Waals surface area contributed by atoms with Gasteiger partial charge in [-0.05, 0) is 42.7 Å². The molecule has 124 valence electrons. The van der Waals surface area contributed by atoms with Gasteiger partial charge in [-0.25, -0.2) is 4.57 Å². The summed E-state index contributed by atoms with van der Waals surface area (Å²) < 4.78 is 4.56. The SMILES string of the molecule is Cc1ccn2c(CCc3cccc[n+]3C)c(-c3ccccc3)cc2c1. The highest BCUT2D eigenvalue weighted by Crippen LogP contribution is 2.29. The largest absolute Gasteiger partial charge is 0.320 e. The van der Waals surface area contributed by atoms with Gasteiger partial charge >= 0.3 is 0 Å². The van der Waals surface area contributed by atoms with Crippen LogP contribution in [0.4, 0.5) is 0 Å². The van der Waals surface area contributed by atoms with Crippen molar-refractivity contribution < 1.29 is 4.57 Å². The van der Waals surface area contributed by atoms with E-state index in [9.17, 15) is 0 Å². The molecule has 3 heterocycles. The summed E-state index contributed by atoms with van der Waals surface area (Å²) in [7, 11) is 2.12. The number of nitrogens with zero attached hydrogens (tertiary/aromatic N) is 2. The molecule has 2 heteroatoms. The van der Waals surface area contributed by atoms with Crippen molar-refractivity contribution in [3.05, 3.63) is 96.1 Å². The molecule has 0 radical (unpaired) electrons. The highest BCUT2D eigenvalue weighted by atomic mass is 14.9. The first kappa shape index (κ1) is 15.6. The average molecular weight is 327 g/mol. The van der Waals surface area contributed by atoms with Crippen LogP contribution in [0.3, 0.4) is 0 Å². The maximum atomic E-state index is 2.35. The normalized spacial score (nSPS) is 11.1. The van der Waals surface area contributed by atoms with Gasteiger partial charge in [0.15, 0.2) is 11.9 Å². The summed E-state index contributed by atoms with van der Waals surface area (Å²) in [4.78, 5) is 0. The summed E-state index contributed by atoms with van der Waals surface area (Å²) in [6.07, 6.45) is 6.36. The molecule has 0 amide bonds. The van der Waals surface area contributed by atoms with Crippen molar-refractivity contribution in [1.29, 1.82) is 0 Å². The molecule has 0 N–H and O–H groups in total. The van der Waals surface area contributed by atoms with Crippen LogP contribution in [-0.2, 0) is 19.9 Å². The Kier molecular flexibility index (Phi) is 4.10. The third kappa shape index (κ3) is 3.08. The molecule has 1 aromatic carbocycles. The molecule has 0 aliphatic carbocycles. The lowest BCUT2D eigenvalue weighted by molar-refractivity contribution is -0.679. The first-order chi connectivity index (χ1) is 12.2. The standard InChI is InChI=1S/C23H23N2/c1-18-13-15-25-21(16-18)17-22(19-8-4-3-5-9-19)23(25)12-11-20-10-6-7-14-24(20)2/h3-10,13-17H,11-12H2,1-2H3/q+1. The minimum atomic E-state index is 1.01. The summed E-state index contributed by atoms with van der Waals surface area (Å²) in [6, 6.07) is 23.9. The lowest BCUT2D eigenvalue weighted by Gasteiger charge is -2.07. The molecule has 0 bridgehead atoms. The minimum absolute atomic E-state index is 1.01. The van der Waals surface area contributed by atoms with Crippen molar-refractivity contribution in [3.8, 4) is 11.1 Å². The first-order valence-corrected chi connectivity index (χ1v) is 8.82. The maximum Gasteiger partial charge on any atom is 0.181 e. The predicted octanol–water partition coefficient (Wildman–Crippen LogP) is 4.52. The van der Waals surface area contributed by atoms with Crippen LogP contribution < -0.4 is 4.57 Å². The second-order valence-corrected chi connectivity index (χ2v) is 6.67. The summed E-state index contributed by atoms with van der Waals surface area (Å²) in [5.74, 6) is 0. The molecule has 3 aromatic heterocycles. The van der Waals surface area contributed by atoms with E-state index in [0.717, 1.165) is 12.8 Å². The highest BCUT2D eigenvalue weighted by molar-refractivity contribution is 5.74. The van der Waals surface area contributed by atoms with Crippen LogP contribution in [0.2, 0.25) is 0 Å². The van der Waals surface area contributed by atoms with Gasteiger partial charge in [0.05, 0.1) is 0 Å². The Bertz CT molecular complexity index is 1010. The smallest absolute Gasteiger partial charge is 0.181 e. The number of hydrogen-bond donors (Lipinski definition) is 0. The fraction of sp³-hybridized carbons (Fsp3) is 0.174. The third-order valence-electron chi connectivity index (χ3n) is 4.90. The van der Waals surface area contributed by atoms with Gasteiger partial charge in [0.25, 0.3) is 0 Å². The number of aromatic nitrogens is 2. The van der Waals surface area contributed by atoms with Crippen LogP contribution in [0.25, 0.3) is 16.6 Å². The fourth-order valence-electron chi connectivity index (χ4n) is 3.53. The molecule has 0 fully saturated rings. The highest BCUT2D eigenvalue weighted by Gasteiger charge is 2.14. The van der Waals surface area contributed by atoms with Crippen LogP contribution in [0, 0.1) is 6.92 Å². The van der Waals surface area contributed by atoms with Crippen LogP contribution in [-0.4, -0.2) is 4.40 Å². The van der Waals surface area contributed by atoms with Gasteiger partial charge in [0.2, 0.25) is 0 Å². The summed E-state index contributed by atoms with van der Waals surface area (Å²) in [6.45, 7) is 2.15. The van der Waals surface area contributed by atoms with Gasteiger partial charge < -0.3 is 4.40 Å². The van der Waals surface area contributed by atoms with Gasteiger partial charge in [0.1, 0.15) is 7.05 Å². The van der Waals surface area contributed by atoms with Gasteiger partial charge in [-0.1, -0.05) is 36.4 Å². The number of fused-ring (bicyclic) bond motifs is 1. The van der Waals surface area contributed by atoms with Crippen LogP contribution in [0.1, 0.15) is 17.0 Å². The molecular weight excluding hydrogens is 304 g/mol. The van der Waals surface area contributed by atoms with Crippen molar-refractivity contribution in [2.75, 3.05) is 0 Å². The van der Waals surface area contributed by atoms with Crippen LogP contribution in [0.15, 0.2) is 79.1 Å². The molecule has 0 aliphatic rings. The summed E-state index contributed by atoms with van der Waals surface area (Å²) in [5.41, 5.74) is 7.92. The van der Waals surface area contributed by atoms with Crippen molar-refractivity contribution in [3.63, 3.8) is 0 Å². The van der Waals surface area contributed by atoms with Crippen LogP contribution >= 0.6 is 0 Å². The number of benzene rings is 1. The lowest BCUT2D eigenvalue weighted by Crippen LogP contribution is -2.32. The maximum absolute atomic E-state index is 2.35. The fourth-order valence-corrected chi connectivity index (χ4v) is 3.53. The van der Waals surface area contributed by atoms with Gasteiger partial charge in [0, 0.05) is 41.5 Å². The lowest BCUT2D eigenvalue weighted by atomic mass is 10.0. The van der Waals surface area contributed by atoms with E-state index in [1.165, 1.54) is 33.6 Å². The Morgan fingerprint density at radius 1 is 0.880 bits per heavy atom. The monoisotopic (exact) mass is 327 g/mol. The number of hydrogen-bond acceptors (Lipinski definition) is 0. The predicted molar refractivity (Wildman–Crippen MR) is 103 cm³/mol. The van der Waals surface area contributed by atoms with E-state index in [4.69, 9.17) is 0 Å². The molecule has 0 aliphatic heterocycles. The Balaban J connectivity index is 1.79. The Morgan fingerprint density at radius 2 is 1.68 bits per heavy atom. The van der Waals surface area contributed by atoms with Crippen LogP contribution in [0.5, 0.6) is 0 Å². The Hall–Kier alpha value is -2.87. The molecule has 4 rings (SSSR count). The molecule has 4 aromatic rings. The molecule has 0 atom stereocenters. The first-order valence-electron chi connectivity index (χ1n) is 8.82. The summed E-state index contributed by atoms with van der Waals surface area (Å²) >= 11 is 0. The second kappa shape index (κ2) is 6.56. The van der Waals surface area contributed by atoms with Gasteiger partial charge in [-0.15, -0.1) is 0 Å². The number of pyridine rings is 2. The summed E-state index contributed by atoms with van der Waals surface area (Å²) in [5, 5.41) is 0. The molecule has 25 heavy (non-hydrogen) atoms. The van der Waals surface area contributed by atoms with E-state index in [1.807, 2.05) is 0 Å². The quantitative estimate of drug-likeness (QED) is 0.487. The van der Waals surface area contributed by atoms with Gasteiger partial charge in [-0.2, -0.15) is 0 Å². The second-order valence-electron chi connectivity index (χ2n) is 6.67. The van der Waals surface area contributed by atoms with Crippen molar-refractivity contribution in [2.45, 2.75) is 19.8 Å². The van der Waals surface area contributed by atoms with E-state index in [-0.39, 0.29) is 0 Å². The number of rotatable bonds is 4. The van der Waals surface area contributed by atoms with Crippen molar-refractivity contribution >= 4 is 5.52 Å². The van der Waals surface area contributed by atoms with E-state index >= 15 is 0 Å². The minimum Gasteiger partial charge on any atom is -0.320 e. The molecule has 0 saturated heterocycles. The Morgan fingerprint density at radius 3 is 2.48 bits per heavy atom. The zero-order valence-corrected chi connectivity index (χ0v) is 14.8. The van der Waals surface area contributed by atoms with E-state index in [1.54, 1.807) is 0 Å².